The smallest absolute Gasteiger partial charge is 0.119 e. The van der Waals surface area contributed by atoms with E-state index in [0.29, 0.717) is 6.04 Å². The molecule has 1 aliphatic rings. The quantitative estimate of drug-likeness (QED) is 0.852. The van der Waals surface area contributed by atoms with Crippen molar-refractivity contribution in [2.45, 2.75) is 32.2 Å². The van der Waals surface area contributed by atoms with Crippen LogP contribution in [-0.2, 0) is 0 Å². The van der Waals surface area contributed by atoms with E-state index in [-0.39, 0.29) is 0 Å². The summed E-state index contributed by atoms with van der Waals surface area (Å²) in [5.41, 5.74) is 0. The molecule has 1 aliphatic heterocycles. The van der Waals surface area contributed by atoms with E-state index in [1.807, 2.05) is 30.3 Å². The summed E-state index contributed by atoms with van der Waals surface area (Å²) < 4.78 is 5.78. The molecule has 0 radical (unpaired) electrons. The largest absolute Gasteiger partial charge is 0.492 e. The molecular weight excluding hydrogens is 236 g/mol. The summed E-state index contributed by atoms with van der Waals surface area (Å²) in [7, 11) is 0. The highest BCUT2D eigenvalue weighted by Crippen LogP contribution is 2.09. The fourth-order valence-corrected chi connectivity index (χ4v) is 2.63. The third kappa shape index (κ3) is 5.21. The van der Waals surface area contributed by atoms with Crippen LogP contribution in [0.2, 0.25) is 0 Å². The zero-order chi connectivity index (χ0) is 13.3. The predicted molar refractivity (Wildman–Crippen MR) is 79.7 cm³/mol. The van der Waals surface area contributed by atoms with Gasteiger partial charge in [-0.25, -0.2) is 0 Å². The highest BCUT2D eigenvalue weighted by atomic mass is 16.5. The topological polar surface area (TPSA) is 24.5 Å². The van der Waals surface area contributed by atoms with Gasteiger partial charge in [-0.1, -0.05) is 31.5 Å². The minimum Gasteiger partial charge on any atom is -0.492 e. The number of nitrogens with one attached hydrogen (secondary N) is 1. The molecule has 2 rings (SSSR count). The van der Waals surface area contributed by atoms with Crippen molar-refractivity contribution in [3.05, 3.63) is 30.3 Å². The maximum absolute atomic E-state index is 5.78. The molecule has 1 saturated heterocycles. The molecule has 1 N–H and O–H groups in total. The van der Waals surface area contributed by atoms with Gasteiger partial charge in [0.15, 0.2) is 0 Å². The predicted octanol–water partition coefficient (Wildman–Crippen LogP) is 2.53. The fourth-order valence-electron chi connectivity index (χ4n) is 2.63. The van der Waals surface area contributed by atoms with Gasteiger partial charge in [0.05, 0.1) is 0 Å². The van der Waals surface area contributed by atoms with Gasteiger partial charge < -0.3 is 10.1 Å². The van der Waals surface area contributed by atoms with Gasteiger partial charge in [0.25, 0.3) is 0 Å². The highest BCUT2D eigenvalue weighted by Gasteiger charge is 2.16. The van der Waals surface area contributed by atoms with Crippen molar-refractivity contribution < 1.29 is 4.74 Å². The van der Waals surface area contributed by atoms with Gasteiger partial charge in [-0.3, -0.25) is 4.90 Å². The van der Waals surface area contributed by atoms with Crippen molar-refractivity contribution in [2.75, 3.05) is 32.8 Å². The third-order valence-electron chi connectivity index (χ3n) is 3.62. The Morgan fingerprint density at radius 1 is 1.32 bits per heavy atom. The van der Waals surface area contributed by atoms with Crippen LogP contribution in [-0.4, -0.2) is 43.7 Å². The van der Waals surface area contributed by atoms with Gasteiger partial charge in [0, 0.05) is 19.1 Å². The highest BCUT2D eigenvalue weighted by molar-refractivity contribution is 5.20. The van der Waals surface area contributed by atoms with Crippen molar-refractivity contribution >= 4 is 0 Å². The molecule has 1 unspecified atom stereocenters. The van der Waals surface area contributed by atoms with Gasteiger partial charge >= 0.3 is 0 Å². The summed E-state index contributed by atoms with van der Waals surface area (Å²) in [5.74, 6) is 0.973. The number of hydrogen-bond donors (Lipinski definition) is 1. The molecule has 1 atom stereocenters. The zero-order valence-corrected chi connectivity index (χ0v) is 12.0. The molecule has 3 nitrogen and oxygen atoms in total. The first kappa shape index (κ1) is 14.4. The Bertz CT molecular complexity index is 342. The van der Waals surface area contributed by atoms with Crippen molar-refractivity contribution in [2.24, 2.45) is 0 Å². The molecule has 0 amide bonds. The number of para-hydroxylation sites is 1. The number of hydrogen-bond acceptors (Lipinski definition) is 3. The Morgan fingerprint density at radius 2 is 2.16 bits per heavy atom. The third-order valence-corrected chi connectivity index (χ3v) is 3.62. The second kappa shape index (κ2) is 8.18. The summed E-state index contributed by atoms with van der Waals surface area (Å²) >= 11 is 0. The number of rotatable bonds is 6. The van der Waals surface area contributed by atoms with Gasteiger partial charge in [-0.05, 0) is 38.1 Å². The van der Waals surface area contributed by atoms with E-state index in [1.54, 1.807) is 0 Å². The lowest BCUT2D eigenvalue weighted by molar-refractivity contribution is 0.204. The number of ether oxygens (including phenoxy) is 1. The van der Waals surface area contributed by atoms with Crippen LogP contribution in [0.1, 0.15) is 26.2 Å². The van der Waals surface area contributed by atoms with Crippen molar-refractivity contribution in [1.82, 2.24) is 10.2 Å². The first-order valence-electron chi connectivity index (χ1n) is 7.52. The van der Waals surface area contributed by atoms with E-state index < -0.39 is 0 Å². The number of benzene rings is 1. The Morgan fingerprint density at radius 3 is 2.95 bits per heavy atom. The molecular formula is C16H26N2O. The van der Waals surface area contributed by atoms with Crippen LogP contribution in [0.5, 0.6) is 5.75 Å². The van der Waals surface area contributed by atoms with Crippen molar-refractivity contribution in [1.29, 1.82) is 0 Å². The summed E-state index contributed by atoms with van der Waals surface area (Å²) in [6.45, 7) is 7.56. The van der Waals surface area contributed by atoms with Crippen LogP contribution >= 0.6 is 0 Å². The molecule has 3 heteroatoms. The van der Waals surface area contributed by atoms with Crippen molar-refractivity contribution in [3.63, 3.8) is 0 Å². The first-order valence-corrected chi connectivity index (χ1v) is 7.52. The maximum Gasteiger partial charge on any atom is 0.119 e. The van der Waals surface area contributed by atoms with Crippen LogP contribution < -0.4 is 10.1 Å². The molecule has 0 spiro atoms. The molecule has 0 saturated carbocycles. The molecule has 1 fully saturated rings. The standard InChI is InChI=1S/C16H26N2O/c1-2-7-15-14-18(11-6-10-17-15)12-13-19-16-8-4-3-5-9-16/h3-5,8-9,15,17H,2,6-7,10-14H2,1H3. The second-order valence-corrected chi connectivity index (χ2v) is 5.26. The monoisotopic (exact) mass is 262 g/mol. The van der Waals surface area contributed by atoms with Crippen molar-refractivity contribution in [3.8, 4) is 5.75 Å². The van der Waals surface area contributed by atoms with Crippen LogP contribution in [0.4, 0.5) is 0 Å². The van der Waals surface area contributed by atoms with E-state index >= 15 is 0 Å². The van der Waals surface area contributed by atoms with Gasteiger partial charge in [-0.15, -0.1) is 0 Å². The van der Waals surface area contributed by atoms with Gasteiger partial charge in [-0.2, -0.15) is 0 Å². The Balaban J connectivity index is 1.72. The van der Waals surface area contributed by atoms with E-state index in [2.05, 4.69) is 17.1 Å². The average molecular weight is 262 g/mol. The van der Waals surface area contributed by atoms with Gasteiger partial charge in [0.2, 0.25) is 0 Å². The minimum absolute atomic E-state index is 0.657. The lowest BCUT2D eigenvalue weighted by Gasteiger charge is -2.24. The van der Waals surface area contributed by atoms with Crippen LogP contribution in [0.25, 0.3) is 0 Å². The molecule has 19 heavy (non-hydrogen) atoms. The Kier molecular flexibility index (Phi) is 6.18. The summed E-state index contributed by atoms with van der Waals surface area (Å²) in [6.07, 6.45) is 3.77. The lowest BCUT2D eigenvalue weighted by Crippen LogP contribution is -2.39. The fraction of sp³-hybridized carbons (Fsp3) is 0.625. The average Bonchev–Trinajstić information content (AvgIpc) is 2.66. The molecule has 1 aromatic carbocycles. The Hall–Kier alpha value is -1.06. The molecule has 0 aliphatic carbocycles. The summed E-state index contributed by atoms with van der Waals surface area (Å²) in [5, 5.41) is 3.64. The maximum atomic E-state index is 5.78. The normalized spacial score (nSPS) is 21.0. The second-order valence-electron chi connectivity index (χ2n) is 5.26. The minimum atomic E-state index is 0.657. The van der Waals surface area contributed by atoms with E-state index in [9.17, 15) is 0 Å². The molecule has 1 heterocycles. The van der Waals surface area contributed by atoms with Crippen LogP contribution in [0.3, 0.4) is 0 Å². The van der Waals surface area contributed by atoms with E-state index in [1.165, 1.54) is 25.8 Å². The Labute approximate surface area is 116 Å². The van der Waals surface area contributed by atoms with Crippen LogP contribution in [0.15, 0.2) is 30.3 Å². The van der Waals surface area contributed by atoms with E-state index in [4.69, 9.17) is 4.74 Å². The number of nitrogens with zero attached hydrogens (tertiary/aromatic N) is 1. The first-order chi connectivity index (χ1) is 9.38. The van der Waals surface area contributed by atoms with Crippen LogP contribution in [0, 0.1) is 0 Å². The lowest BCUT2D eigenvalue weighted by atomic mass is 10.1. The zero-order valence-electron chi connectivity index (χ0n) is 12.0. The van der Waals surface area contributed by atoms with E-state index in [0.717, 1.165) is 32.0 Å². The molecule has 0 aromatic heterocycles. The summed E-state index contributed by atoms with van der Waals surface area (Å²) in [6, 6.07) is 10.7. The summed E-state index contributed by atoms with van der Waals surface area (Å²) in [4.78, 5) is 2.53. The van der Waals surface area contributed by atoms with Gasteiger partial charge in [0.1, 0.15) is 12.4 Å². The molecule has 1 aromatic rings. The molecule has 0 bridgehead atoms. The molecule has 106 valence electrons. The SMILES string of the molecule is CCCC1CN(CCOc2ccccc2)CCCN1.